The van der Waals surface area contributed by atoms with Crippen molar-refractivity contribution in [2.24, 2.45) is 0 Å². The number of rotatable bonds is 9. The molecule has 118 valence electrons. The van der Waals surface area contributed by atoms with Crippen molar-refractivity contribution in [3.63, 3.8) is 0 Å². The third-order valence-electron chi connectivity index (χ3n) is 4.03. The largest absolute Gasteiger partial charge is 0.493 e. The molecule has 0 aromatic heterocycles. The van der Waals surface area contributed by atoms with Crippen LogP contribution in [0.4, 0.5) is 0 Å². The minimum atomic E-state index is -0.266. The lowest BCUT2D eigenvalue weighted by Crippen LogP contribution is -2.48. The number of ether oxygens (including phenoxy) is 2. The first-order chi connectivity index (χ1) is 10.1. The molecule has 1 atom stereocenters. The molecule has 0 saturated heterocycles. The zero-order valence-corrected chi connectivity index (χ0v) is 13.3. The van der Waals surface area contributed by atoms with Gasteiger partial charge in [-0.25, -0.2) is 0 Å². The summed E-state index contributed by atoms with van der Waals surface area (Å²) < 4.78 is 11.2. The van der Waals surface area contributed by atoms with Gasteiger partial charge in [-0.05, 0) is 43.9 Å². The minimum Gasteiger partial charge on any atom is -0.493 e. The summed E-state index contributed by atoms with van der Waals surface area (Å²) in [5.41, 5.74) is 0.965. The summed E-state index contributed by atoms with van der Waals surface area (Å²) in [6.45, 7) is 4.84. The fourth-order valence-electron chi connectivity index (χ4n) is 2.35. The number of benzene rings is 1. The molecule has 4 nitrogen and oxygen atoms in total. The maximum atomic E-state index is 9.59. The Morgan fingerprint density at radius 2 is 2.10 bits per heavy atom. The molecule has 1 saturated carbocycles. The lowest BCUT2D eigenvalue weighted by Gasteiger charge is -2.29. The molecule has 0 spiro atoms. The van der Waals surface area contributed by atoms with Crippen LogP contribution in [0.1, 0.15) is 38.7 Å². The average Bonchev–Trinajstić information content (AvgIpc) is 3.31. The van der Waals surface area contributed by atoms with E-state index in [4.69, 9.17) is 9.47 Å². The highest BCUT2D eigenvalue weighted by atomic mass is 16.5. The van der Waals surface area contributed by atoms with E-state index in [1.165, 1.54) is 18.4 Å². The van der Waals surface area contributed by atoms with Crippen LogP contribution in [-0.4, -0.2) is 37.0 Å². The number of methoxy groups -OCH3 is 1. The molecule has 0 amide bonds. The summed E-state index contributed by atoms with van der Waals surface area (Å²) in [5, 5.41) is 13.1. The number of aryl methyl sites for hydroxylation is 1. The molecule has 0 radical (unpaired) electrons. The van der Waals surface area contributed by atoms with Crippen LogP contribution in [0.2, 0.25) is 0 Å². The number of aliphatic hydroxyl groups is 1. The molecule has 1 unspecified atom stereocenters. The van der Waals surface area contributed by atoms with Gasteiger partial charge in [-0.3, -0.25) is 0 Å². The van der Waals surface area contributed by atoms with Gasteiger partial charge < -0.3 is 19.9 Å². The average molecular weight is 293 g/mol. The minimum absolute atomic E-state index is 0.124. The normalized spacial score (nSPS) is 17.3. The van der Waals surface area contributed by atoms with Gasteiger partial charge in [-0.15, -0.1) is 0 Å². The number of hydrogen-bond acceptors (Lipinski definition) is 4. The molecule has 21 heavy (non-hydrogen) atoms. The summed E-state index contributed by atoms with van der Waals surface area (Å²) in [6.07, 6.45) is 4.16. The molecular weight excluding hydrogens is 266 g/mol. The molecule has 0 heterocycles. The van der Waals surface area contributed by atoms with Crippen molar-refractivity contribution in [2.75, 3.05) is 20.3 Å². The summed E-state index contributed by atoms with van der Waals surface area (Å²) in [5.74, 6) is 1.54. The Morgan fingerprint density at radius 3 is 2.67 bits per heavy atom. The van der Waals surface area contributed by atoms with E-state index >= 15 is 0 Å². The van der Waals surface area contributed by atoms with E-state index in [-0.39, 0.29) is 12.1 Å². The molecule has 1 aromatic carbocycles. The van der Waals surface area contributed by atoms with Crippen LogP contribution >= 0.6 is 0 Å². The van der Waals surface area contributed by atoms with Crippen LogP contribution in [0.5, 0.6) is 11.5 Å². The van der Waals surface area contributed by atoms with Crippen LogP contribution in [0.15, 0.2) is 18.2 Å². The molecule has 1 aromatic rings. The highest BCUT2D eigenvalue weighted by Gasteiger charge is 2.31. The van der Waals surface area contributed by atoms with Gasteiger partial charge in [-0.1, -0.05) is 13.0 Å². The van der Waals surface area contributed by atoms with Gasteiger partial charge in [0.25, 0.3) is 0 Å². The Hall–Kier alpha value is -1.26. The third kappa shape index (κ3) is 4.61. The van der Waals surface area contributed by atoms with Crippen molar-refractivity contribution >= 4 is 0 Å². The summed E-state index contributed by atoms with van der Waals surface area (Å²) in [7, 11) is 1.66. The second-order valence-electron chi connectivity index (χ2n) is 6.07. The standard InChI is InChI=1S/C17H27NO3/c1-4-13-5-8-15(16(11-13)20-3)21-10-9-17(2,12-19)18-14-6-7-14/h5,8,11,14,18-19H,4,6-7,9-10,12H2,1-3H3. The molecule has 0 bridgehead atoms. The topological polar surface area (TPSA) is 50.7 Å². The predicted molar refractivity (Wildman–Crippen MR) is 84.1 cm³/mol. The number of nitrogens with one attached hydrogen (secondary N) is 1. The maximum absolute atomic E-state index is 9.59. The smallest absolute Gasteiger partial charge is 0.161 e. The Balaban J connectivity index is 1.89. The molecule has 1 aliphatic carbocycles. The van der Waals surface area contributed by atoms with Crippen LogP contribution in [0, 0.1) is 0 Å². The van der Waals surface area contributed by atoms with Crippen molar-refractivity contribution in [3.05, 3.63) is 23.8 Å². The Bertz CT molecular complexity index is 459. The predicted octanol–water partition coefficient (Wildman–Crippen LogP) is 2.53. The van der Waals surface area contributed by atoms with Crippen molar-refractivity contribution in [1.82, 2.24) is 5.32 Å². The highest BCUT2D eigenvalue weighted by molar-refractivity contribution is 5.42. The van der Waals surface area contributed by atoms with Gasteiger partial charge in [0, 0.05) is 18.0 Å². The van der Waals surface area contributed by atoms with Crippen molar-refractivity contribution in [1.29, 1.82) is 0 Å². The Morgan fingerprint density at radius 1 is 1.33 bits per heavy atom. The van der Waals surface area contributed by atoms with Crippen molar-refractivity contribution in [3.8, 4) is 11.5 Å². The number of aliphatic hydroxyl groups excluding tert-OH is 1. The van der Waals surface area contributed by atoms with E-state index in [0.717, 1.165) is 24.3 Å². The fraction of sp³-hybridized carbons (Fsp3) is 0.647. The number of hydrogen-bond donors (Lipinski definition) is 2. The van der Waals surface area contributed by atoms with Crippen LogP contribution in [-0.2, 0) is 6.42 Å². The molecule has 2 N–H and O–H groups in total. The molecular formula is C17H27NO3. The van der Waals surface area contributed by atoms with Crippen LogP contribution in [0.25, 0.3) is 0 Å². The first kappa shape index (κ1) is 16.1. The second-order valence-corrected chi connectivity index (χ2v) is 6.07. The highest BCUT2D eigenvalue weighted by Crippen LogP contribution is 2.29. The monoisotopic (exact) mass is 293 g/mol. The van der Waals surface area contributed by atoms with Crippen LogP contribution in [0.3, 0.4) is 0 Å². The molecule has 0 aliphatic heterocycles. The van der Waals surface area contributed by atoms with E-state index in [2.05, 4.69) is 18.3 Å². The summed E-state index contributed by atoms with van der Waals surface area (Å²) >= 11 is 0. The van der Waals surface area contributed by atoms with Crippen LogP contribution < -0.4 is 14.8 Å². The Labute approximate surface area is 127 Å². The van der Waals surface area contributed by atoms with E-state index < -0.39 is 0 Å². The van der Waals surface area contributed by atoms with Gasteiger partial charge in [0.05, 0.1) is 20.3 Å². The maximum Gasteiger partial charge on any atom is 0.161 e. The van der Waals surface area contributed by atoms with E-state index in [1.54, 1.807) is 7.11 Å². The van der Waals surface area contributed by atoms with Gasteiger partial charge in [-0.2, -0.15) is 0 Å². The SMILES string of the molecule is CCc1ccc(OCCC(C)(CO)NC2CC2)c(OC)c1. The Kier molecular flexibility index (Phi) is 5.48. The molecule has 4 heteroatoms. The van der Waals surface area contributed by atoms with Gasteiger partial charge in [0.1, 0.15) is 0 Å². The van der Waals surface area contributed by atoms with Crippen molar-refractivity contribution in [2.45, 2.75) is 51.1 Å². The van der Waals surface area contributed by atoms with Crippen molar-refractivity contribution < 1.29 is 14.6 Å². The molecule has 1 aliphatic rings. The van der Waals surface area contributed by atoms with Gasteiger partial charge >= 0.3 is 0 Å². The summed E-state index contributed by atoms with van der Waals surface area (Å²) in [4.78, 5) is 0. The molecule has 1 fully saturated rings. The zero-order valence-electron chi connectivity index (χ0n) is 13.3. The summed E-state index contributed by atoms with van der Waals surface area (Å²) in [6, 6.07) is 6.61. The molecule has 2 rings (SSSR count). The van der Waals surface area contributed by atoms with E-state index in [1.807, 2.05) is 19.1 Å². The third-order valence-corrected chi connectivity index (χ3v) is 4.03. The zero-order chi connectivity index (χ0) is 15.3. The first-order valence-corrected chi connectivity index (χ1v) is 7.78. The lowest BCUT2D eigenvalue weighted by molar-refractivity contribution is 0.141. The van der Waals surface area contributed by atoms with E-state index in [0.29, 0.717) is 12.6 Å². The first-order valence-electron chi connectivity index (χ1n) is 7.78. The lowest BCUT2D eigenvalue weighted by atomic mass is 9.99. The van der Waals surface area contributed by atoms with Gasteiger partial charge in [0.15, 0.2) is 11.5 Å². The second kappa shape index (κ2) is 7.14. The fourth-order valence-corrected chi connectivity index (χ4v) is 2.35. The quantitative estimate of drug-likeness (QED) is 0.734. The van der Waals surface area contributed by atoms with E-state index in [9.17, 15) is 5.11 Å². The van der Waals surface area contributed by atoms with Gasteiger partial charge in [0.2, 0.25) is 0 Å².